The summed E-state index contributed by atoms with van der Waals surface area (Å²) >= 11 is 5.92. The Hall–Kier alpha value is -1.58. The lowest BCUT2D eigenvalue weighted by molar-refractivity contribution is 0.190. The molecule has 19 heavy (non-hydrogen) atoms. The van der Waals surface area contributed by atoms with Gasteiger partial charge in [0, 0.05) is 16.3 Å². The van der Waals surface area contributed by atoms with Gasteiger partial charge in [-0.3, -0.25) is 4.98 Å². The number of aliphatic hydroxyl groups excluding tert-OH is 1. The van der Waals surface area contributed by atoms with Gasteiger partial charge in [-0.05, 0) is 44.2 Å². The number of benzene rings is 1. The van der Waals surface area contributed by atoms with Gasteiger partial charge < -0.3 is 9.84 Å². The predicted octanol–water partition coefficient (Wildman–Crippen LogP) is 3.68. The number of pyridine rings is 1. The van der Waals surface area contributed by atoms with Crippen LogP contribution in [0.3, 0.4) is 0 Å². The van der Waals surface area contributed by atoms with E-state index in [2.05, 4.69) is 4.98 Å². The van der Waals surface area contributed by atoms with Crippen molar-refractivity contribution in [2.75, 3.05) is 0 Å². The third-order valence-electron chi connectivity index (χ3n) is 2.74. The zero-order valence-corrected chi connectivity index (χ0v) is 11.7. The molecule has 0 aliphatic rings. The van der Waals surface area contributed by atoms with Crippen LogP contribution in [0.15, 0.2) is 36.4 Å². The van der Waals surface area contributed by atoms with E-state index in [0.29, 0.717) is 22.9 Å². The molecule has 1 atom stereocenters. The second-order valence-corrected chi connectivity index (χ2v) is 4.85. The number of aromatic nitrogens is 1. The average molecular weight is 278 g/mol. The van der Waals surface area contributed by atoms with Crippen LogP contribution in [0.2, 0.25) is 5.02 Å². The molecular formula is C15H16ClNO2. The minimum absolute atomic E-state index is 0.364. The van der Waals surface area contributed by atoms with Crippen molar-refractivity contribution >= 4 is 11.6 Å². The Bertz CT molecular complexity index is 570. The topological polar surface area (TPSA) is 42.4 Å². The molecule has 100 valence electrons. The molecule has 0 spiro atoms. The molecule has 1 heterocycles. The van der Waals surface area contributed by atoms with E-state index in [4.69, 9.17) is 16.3 Å². The SMILES string of the molecule is Cc1cccc(COc2ccc(Cl)cc2C(C)O)n1. The summed E-state index contributed by atoms with van der Waals surface area (Å²) in [4.78, 5) is 4.37. The highest BCUT2D eigenvalue weighted by molar-refractivity contribution is 6.30. The number of hydrogen-bond acceptors (Lipinski definition) is 3. The predicted molar refractivity (Wildman–Crippen MR) is 75.4 cm³/mol. The van der Waals surface area contributed by atoms with Crippen molar-refractivity contribution in [1.82, 2.24) is 4.98 Å². The van der Waals surface area contributed by atoms with Crippen molar-refractivity contribution in [2.45, 2.75) is 26.6 Å². The van der Waals surface area contributed by atoms with Crippen LogP contribution in [0.5, 0.6) is 5.75 Å². The second kappa shape index (κ2) is 6.04. The van der Waals surface area contributed by atoms with Gasteiger partial charge >= 0.3 is 0 Å². The first kappa shape index (κ1) is 13.8. The van der Waals surface area contributed by atoms with Gasteiger partial charge in [-0.2, -0.15) is 0 Å². The van der Waals surface area contributed by atoms with Gasteiger partial charge in [0.25, 0.3) is 0 Å². The van der Waals surface area contributed by atoms with Gasteiger partial charge in [0.1, 0.15) is 12.4 Å². The van der Waals surface area contributed by atoms with Gasteiger partial charge in [0.15, 0.2) is 0 Å². The summed E-state index contributed by atoms with van der Waals surface area (Å²) in [6.45, 7) is 3.99. The Morgan fingerprint density at radius 3 is 2.79 bits per heavy atom. The maximum absolute atomic E-state index is 9.72. The van der Waals surface area contributed by atoms with Crippen LogP contribution in [0.1, 0.15) is 30.0 Å². The van der Waals surface area contributed by atoms with Gasteiger partial charge in [0.05, 0.1) is 11.8 Å². The first-order valence-corrected chi connectivity index (χ1v) is 6.47. The largest absolute Gasteiger partial charge is 0.487 e. The van der Waals surface area contributed by atoms with Crippen LogP contribution in [0, 0.1) is 6.92 Å². The fraction of sp³-hybridized carbons (Fsp3) is 0.267. The quantitative estimate of drug-likeness (QED) is 0.927. The molecule has 1 aromatic heterocycles. The van der Waals surface area contributed by atoms with E-state index in [0.717, 1.165) is 11.4 Å². The summed E-state index contributed by atoms with van der Waals surface area (Å²) < 4.78 is 5.71. The third-order valence-corrected chi connectivity index (χ3v) is 2.98. The number of hydrogen-bond donors (Lipinski definition) is 1. The molecule has 1 N–H and O–H groups in total. The molecule has 2 aromatic rings. The standard InChI is InChI=1S/C15H16ClNO2/c1-10-4-3-5-13(17-10)9-19-15-7-6-12(16)8-14(15)11(2)18/h3-8,11,18H,9H2,1-2H3. The molecule has 0 aliphatic heterocycles. The second-order valence-electron chi connectivity index (χ2n) is 4.42. The lowest BCUT2D eigenvalue weighted by Gasteiger charge is -2.13. The van der Waals surface area contributed by atoms with E-state index < -0.39 is 6.10 Å². The molecule has 3 nitrogen and oxygen atoms in total. The molecule has 0 saturated heterocycles. The van der Waals surface area contributed by atoms with Crippen LogP contribution in [0.25, 0.3) is 0 Å². The van der Waals surface area contributed by atoms with E-state index in [1.807, 2.05) is 25.1 Å². The number of ether oxygens (including phenoxy) is 1. The van der Waals surface area contributed by atoms with Crippen LogP contribution in [0.4, 0.5) is 0 Å². The number of aryl methyl sites for hydroxylation is 1. The maximum atomic E-state index is 9.72. The van der Waals surface area contributed by atoms with Crippen molar-refractivity contribution in [3.8, 4) is 5.75 Å². The summed E-state index contributed by atoms with van der Waals surface area (Å²) in [6, 6.07) is 11.0. The highest BCUT2D eigenvalue weighted by Gasteiger charge is 2.10. The summed E-state index contributed by atoms with van der Waals surface area (Å²) in [5.74, 6) is 0.628. The van der Waals surface area contributed by atoms with Crippen LogP contribution < -0.4 is 4.74 Å². The molecule has 0 saturated carbocycles. The lowest BCUT2D eigenvalue weighted by Crippen LogP contribution is -2.02. The van der Waals surface area contributed by atoms with Crippen molar-refractivity contribution in [1.29, 1.82) is 0 Å². The zero-order valence-electron chi connectivity index (χ0n) is 10.9. The smallest absolute Gasteiger partial charge is 0.130 e. The highest BCUT2D eigenvalue weighted by Crippen LogP contribution is 2.28. The molecule has 0 fully saturated rings. The van der Waals surface area contributed by atoms with Crippen LogP contribution in [-0.4, -0.2) is 10.1 Å². The molecule has 4 heteroatoms. The Morgan fingerprint density at radius 2 is 2.11 bits per heavy atom. The first-order chi connectivity index (χ1) is 9.06. The highest BCUT2D eigenvalue weighted by atomic mass is 35.5. The summed E-state index contributed by atoms with van der Waals surface area (Å²) in [5, 5.41) is 10.3. The van der Waals surface area contributed by atoms with Crippen LogP contribution in [-0.2, 0) is 6.61 Å². The normalized spacial score (nSPS) is 12.2. The molecule has 0 aliphatic carbocycles. The minimum Gasteiger partial charge on any atom is -0.487 e. The summed E-state index contributed by atoms with van der Waals surface area (Å²) in [6.07, 6.45) is -0.626. The summed E-state index contributed by atoms with van der Waals surface area (Å²) in [5.41, 5.74) is 2.49. The minimum atomic E-state index is -0.626. The van der Waals surface area contributed by atoms with E-state index >= 15 is 0 Å². The first-order valence-electron chi connectivity index (χ1n) is 6.09. The van der Waals surface area contributed by atoms with Gasteiger partial charge in [-0.1, -0.05) is 17.7 Å². The Morgan fingerprint density at radius 1 is 1.32 bits per heavy atom. The van der Waals surface area contributed by atoms with E-state index in [-0.39, 0.29) is 0 Å². The van der Waals surface area contributed by atoms with Crippen molar-refractivity contribution < 1.29 is 9.84 Å². The van der Waals surface area contributed by atoms with E-state index in [1.54, 1.807) is 25.1 Å². The fourth-order valence-corrected chi connectivity index (χ4v) is 1.99. The van der Waals surface area contributed by atoms with Gasteiger partial charge in [0.2, 0.25) is 0 Å². The number of rotatable bonds is 4. The molecule has 0 radical (unpaired) electrons. The van der Waals surface area contributed by atoms with Crippen molar-refractivity contribution in [3.63, 3.8) is 0 Å². The fourth-order valence-electron chi connectivity index (χ4n) is 1.81. The molecule has 0 bridgehead atoms. The van der Waals surface area contributed by atoms with Crippen molar-refractivity contribution in [2.24, 2.45) is 0 Å². The van der Waals surface area contributed by atoms with E-state index in [1.165, 1.54) is 0 Å². The van der Waals surface area contributed by atoms with Crippen LogP contribution >= 0.6 is 11.6 Å². The van der Waals surface area contributed by atoms with E-state index in [9.17, 15) is 5.11 Å². The molecule has 2 rings (SSSR count). The Balaban J connectivity index is 2.15. The average Bonchev–Trinajstić information content (AvgIpc) is 2.37. The van der Waals surface area contributed by atoms with Crippen molar-refractivity contribution in [3.05, 3.63) is 58.4 Å². The molecule has 1 aromatic carbocycles. The van der Waals surface area contributed by atoms with Gasteiger partial charge in [-0.25, -0.2) is 0 Å². The monoisotopic (exact) mass is 277 g/mol. The summed E-state index contributed by atoms with van der Waals surface area (Å²) in [7, 11) is 0. The number of nitrogens with zero attached hydrogens (tertiary/aromatic N) is 1. The Kier molecular flexibility index (Phi) is 4.40. The molecular weight excluding hydrogens is 262 g/mol. The zero-order chi connectivity index (χ0) is 13.8. The van der Waals surface area contributed by atoms with Gasteiger partial charge in [-0.15, -0.1) is 0 Å². The lowest BCUT2D eigenvalue weighted by atomic mass is 10.1. The third kappa shape index (κ3) is 3.69. The molecule has 1 unspecified atom stereocenters. The number of aliphatic hydroxyl groups is 1. The number of halogens is 1. The molecule has 0 amide bonds. The Labute approximate surface area is 117 Å². The maximum Gasteiger partial charge on any atom is 0.130 e.